The monoisotopic (exact) mass is 376 g/mol. The molecule has 0 atom stereocenters. The fourth-order valence-corrected chi connectivity index (χ4v) is 3.95. The van der Waals surface area contributed by atoms with Crippen molar-refractivity contribution in [1.29, 1.82) is 0 Å². The molecule has 5 rings (SSSR count). The van der Waals surface area contributed by atoms with E-state index in [0.717, 1.165) is 23.0 Å². The molecule has 27 heavy (non-hydrogen) atoms. The van der Waals surface area contributed by atoms with Gasteiger partial charge in [0.2, 0.25) is 5.88 Å². The molecule has 6 heteroatoms. The zero-order chi connectivity index (χ0) is 18.4. The van der Waals surface area contributed by atoms with Gasteiger partial charge in [-0.3, -0.25) is 0 Å². The van der Waals surface area contributed by atoms with E-state index in [0.29, 0.717) is 17.4 Å². The van der Waals surface area contributed by atoms with Crippen LogP contribution in [0.4, 0.5) is 0 Å². The molecule has 136 valence electrons. The van der Waals surface area contributed by atoms with Gasteiger partial charge in [0, 0.05) is 28.8 Å². The molecule has 1 aromatic carbocycles. The van der Waals surface area contributed by atoms with Gasteiger partial charge in [0.15, 0.2) is 5.65 Å². The second-order valence-corrected chi connectivity index (χ2v) is 7.77. The first-order valence-corrected chi connectivity index (χ1v) is 10.3. The molecule has 0 bridgehead atoms. The first-order valence-electron chi connectivity index (χ1n) is 9.09. The number of nitrogens with zero attached hydrogens (tertiary/aromatic N) is 4. The SMILES string of the molecule is COc1ccc2c(ncc3nc(C4CC4)n(Cc4ccc(SC)cc4)c32)n1. The summed E-state index contributed by atoms with van der Waals surface area (Å²) in [6.45, 7) is 0.808. The number of hydrogen-bond donors (Lipinski definition) is 0. The minimum absolute atomic E-state index is 0.559. The maximum Gasteiger partial charge on any atom is 0.215 e. The Kier molecular flexibility index (Phi) is 4.01. The van der Waals surface area contributed by atoms with E-state index in [1.54, 1.807) is 18.9 Å². The number of rotatable bonds is 5. The number of aromatic nitrogens is 4. The van der Waals surface area contributed by atoms with Gasteiger partial charge in [0.25, 0.3) is 0 Å². The zero-order valence-electron chi connectivity index (χ0n) is 15.3. The molecule has 0 radical (unpaired) electrons. The summed E-state index contributed by atoms with van der Waals surface area (Å²) in [4.78, 5) is 15.2. The van der Waals surface area contributed by atoms with E-state index in [1.807, 2.05) is 18.3 Å². The van der Waals surface area contributed by atoms with Crippen molar-refractivity contribution in [3.8, 4) is 5.88 Å². The van der Waals surface area contributed by atoms with Crippen LogP contribution in [0.25, 0.3) is 22.1 Å². The highest BCUT2D eigenvalue weighted by molar-refractivity contribution is 7.98. The third-order valence-corrected chi connectivity index (χ3v) is 5.83. The van der Waals surface area contributed by atoms with Crippen molar-refractivity contribution in [1.82, 2.24) is 19.5 Å². The molecule has 0 N–H and O–H groups in total. The molecule has 0 amide bonds. The van der Waals surface area contributed by atoms with Gasteiger partial charge in [-0.2, -0.15) is 4.98 Å². The van der Waals surface area contributed by atoms with Crippen LogP contribution < -0.4 is 4.74 Å². The number of ether oxygens (including phenoxy) is 1. The van der Waals surface area contributed by atoms with Crippen LogP contribution in [0.3, 0.4) is 0 Å². The largest absolute Gasteiger partial charge is 0.481 e. The molecule has 4 aromatic rings. The molecule has 3 heterocycles. The minimum atomic E-state index is 0.559. The van der Waals surface area contributed by atoms with Gasteiger partial charge in [-0.05, 0) is 42.9 Å². The highest BCUT2D eigenvalue weighted by Gasteiger charge is 2.30. The van der Waals surface area contributed by atoms with Gasteiger partial charge in [-0.25, -0.2) is 9.97 Å². The number of methoxy groups -OCH3 is 1. The summed E-state index contributed by atoms with van der Waals surface area (Å²) >= 11 is 1.76. The Morgan fingerprint density at radius 3 is 2.63 bits per heavy atom. The van der Waals surface area contributed by atoms with Gasteiger partial charge >= 0.3 is 0 Å². The fraction of sp³-hybridized carbons (Fsp3) is 0.286. The Labute approximate surface area is 161 Å². The zero-order valence-corrected chi connectivity index (χ0v) is 16.2. The van der Waals surface area contributed by atoms with E-state index in [-0.39, 0.29) is 0 Å². The molecular weight excluding hydrogens is 356 g/mol. The molecule has 5 nitrogen and oxygen atoms in total. The number of benzene rings is 1. The summed E-state index contributed by atoms with van der Waals surface area (Å²) < 4.78 is 7.62. The van der Waals surface area contributed by atoms with Gasteiger partial charge in [-0.15, -0.1) is 11.8 Å². The smallest absolute Gasteiger partial charge is 0.215 e. The molecule has 1 aliphatic rings. The Hall–Kier alpha value is -2.60. The number of imidazole rings is 1. The highest BCUT2D eigenvalue weighted by atomic mass is 32.2. The van der Waals surface area contributed by atoms with Crippen molar-refractivity contribution in [2.45, 2.75) is 30.2 Å². The van der Waals surface area contributed by atoms with Crippen molar-refractivity contribution in [3.05, 3.63) is 54.0 Å². The maximum atomic E-state index is 5.26. The van der Waals surface area contributed by atoms with Crippen molar-refractivity contribution >= 4 is 33.8 Å². The number of fused-ring (bicyclic) bond motifs is 3. The van der Waals surface area contributed by atoms with E-state index in [4.69, 9.17) is 9.72 Å². The van der Waals surface area contributed by atoms with Gasteiger partial charge in [0.05, 0.1) is 18.8 Å². The van der Waals surface area contributed by atoms with E-state index in [2.05, 4.69) is 45.1 Å². The molecule has 0 spiro atoms. The average Bonchev–Trinajstić information content (AvgIpc) is 3.50. The molecule has 0 unspecified atom stereocenters. The maximum absolute atomic E-state index is 5.26. The summed E-state index contributed by atoms with van der Waals surface area (Å²) in [5, 5.41) is 1.02. The van der Waals surface area contributed by atoms with Crippen LogP contribution in [0.15, 0.2) is 47.5 Å². The lowest BCUT2D eigenvalue weighted by molar-refractivity contribution is 0.399. The molecule has 3 aromatic heterocycles. The molecule has 1 aliphatic carbocycles. The highest BCUT2D eigenvalue weighted by Crippen LogP contribution is 2.41. The standard InChI is InChI=1S/C21H20N4OS/c1-26-18-10-9-16-19-17(11-22-20(16)24-18)23-21(14-5-6-14)25(19)12-13-3-7-15(27-2)8-4-13/h3-4,7-11,14H,5-6,12H2,1-2H3. The Morgan fingerprint density at radius 2 is 1.93 bits per heavy atom. The third kappa shape index (κ3) is 2.94. The number of thioether (sulfide) groups is 1. The van der Waals surface area contributed by atoms with E-state index in [9.17, 15) is 0 Å². The average molecular weight is 376 g/mol. The lowest BCUT2D eigenvalue weighted by atomic mass is 10.2. The van der Waals surface area contributed by atoms with E-state index >= 15 is 0 Å². The summed E-state index contributed by atoms with van der Waals surface area (Å²) in [7, 11) is 1.63. The number of hydrogen-bond acceptors (Lipinski definition) is 5. The van der Waals surface area contributed by atoms with Crippen molar-refractivity contribution in [3.63, 3.8) is 0 Å². The van der Waals surface area contributed by atoms with Crippen LogP contribution in [0.2, 0.25) is 0 Å². The molecule has 1 fully saturated rings. The first kappa shape index (κ1) is 16.6. The Morgan fingerprint density at radius 1 is 1.11 bits per heavy atom. The lowest BCUT2D eigenvalue weighted by Crippen LogP contribution is -2.05. The minimum Gasteiger partial charge on any atom is -0.481 e. The topological polar surface area (TPSA) is 52.8 Å². The normalized spacial score (nSPS) is 14.1. The Bertz CT molecular complexity index is 1130. The van der Waals surface area contributed by atoms with Crippen LogP contribution in [0, 0.1) is 0 Å². The first-order chi connectivity index (χ1) is 13.3. The van der Waals surface area contributed by atoms with Crippen molar-refractivity contribution < 1.29 is 4.74 Å². The molecule has 0 aliphatic heterocycles. The summed E-state index contributed by atoms with van der Waals surface area (Å²) in [5.74, 6) is 2.31. The van der Waals surface area contributed by atoms with Gasteiger partial charge < -0.3 is 9.30 Å². The van der Waals surface area contributed by atoms with E-state index in [1.165, 1.54) is 29.1 Å². The third-order valence-electron chi connectivity index (χ3n) is 5.09. The molecule has 0 saturated heterocycles. The van der Waals surface area contributed by atoms with Crippen LogP contribution in [-0.2, 0) is 6.54 Å². The summed E-state index contributed by atoms with van der Waals surface area (Å²) in [6.07, 6.45) is 6.37. The lowest BCUT2D eigenvalue weighted by Gasteiger charge is -2.11. The quantitative estimate of drug-likeness (QED) is 0.475. The van der Waals surface area contributed by atoms with Crippen molar-refractivity contribution in [2.75, 3.05) is 13.4 Å². The van der Waals surface area contributed by atoms with Crippen LogP contribution in [0.5, 0.6) is 5.88 Å². The van der Waals surface area contributed by atoms with Gasteiger partial charge in [-0.1, -0.05) is 12.1 Å². The van der Waals surface area contributed by atoms with Crippen LogP contribution in [0.1, 0.15) is 30.1 Å². The van der Waals surface area contributed by atoms with Crippen LogP contribution in [-0.4, -0.2) is 32.9 Å². The summed E-state index contributed by atoms with van der Waals surface area (Å²) in [5.41, 5.74) is 4.03. The second-order valence-electron chi connectivity index (χ2n) is 6.90. The summed E-state index contributed by atoms with van der Waals surface area (Å²) in [6, 6.07) is 12.7. The molecular formula is C21H20N4OS. The van der Waals surface area contributed by atoms with Gasteiger partial charge in [0.1, 0.15) is 11.3 Å². The predicted molar refractivity (Wildman–Crippen MR) is 109 cm³/mol. The van der Waals surface area contributed by atoms with E-state index < -0.39 is 0 Å². The fourth-order valence-electron chi connectivity index (χ4n) is 3.54. The molecule has 1 saturated carbocycles. The number of pyridine rings is 2. The predicted octanol–water partition coefficient (Wildman–Crippen LogP) is 4.64. The van der Waals surface area contributed by atoms with Crippen molar-refractivity contribution in [2.24, 2.45) is 0 Å². The Balaban J connectivity index is 1.69. The second kappa shape index (κ2) is 6.53. The van der Waals surface area contributed by atoms with Crippen LogP contribution >= 0.6 is 11.8 Å².